The largest absolute Gasteiger partial charge is 0.491 e. The molecule has 1 atom stereocenters. The summed E-state index contributed by atoms with van der Waals surface area (Å²) in [5, 5.41) is 21.2. The summed E-state index contributed by atoms with van der Waals surface area (Å²) in [6.45, 7) is 5.53. The van der Waals surface area contributed by atoms with Crippen LogP contribution >= 0.6 is 0 Å². The fourth-order valence-electron chi connectivity index (χ4n) is 4.61. The van der Waals surface area contributed by atoms with Gasteiger partial charge in [0.05, 0.1) is 4.92 Å². The van der Waals surface area contributed by atoms with Crippen molar-refractivity contribution in [3.8, 4) is 5.75 Å². The van der Waals surface area contributed by atoms with Crippen LogP contribution in [0.15, 0.2) is 84.9 Å². The van der Waals surface area contributed by atoms with E-state index in [1.165, 1.54) is 23.3 Å². The molecule has 1 saturated heterocycles. The van der Waals surface area contributed by atoms with E-state index >= 15 is 0 Å². The van der Waals surface area contributed by atoms with Crippen LogP contribution in [0.25, 0.3) is 0 Å². The van der Waals surface area contributed by atoms with Gasteiger partial charge in [0.25, 0.3) is 5.69 Å². The van der Waals surface area contributed by atoms with Crippen molar-refractivity contribution in [3.63, 3.8) is 0 Å². The molecule has 1 fully saturated rings. The van der Waals surface area contributed by atoms with E-state index in [4.69, 9.17) is 4.74 Å². The summed E-state index contributed by atoms with van der Waals surface area (Å²) in [4.78, 5) is 15.1. The predicted molar refractivity (Wildman–Crippen MR) is 137 cm³/mol. The molecule has 0 aliphatic carbocycles. The van der Waals surface area contributed by atoms with E-state index in [0.717, 1.165) is 39.1 Å². The molecular formula is C28H33N3O4. The maximum absolute atomic E-state index is 10.7. The monoisotopic (exact) mass is 475 g/mol. The van der Waals surface area contributed by atoms with Crippen LogP contribution in [0.5, 0.6) is 5.75 Å². The molecule has 7 nitrogen and oxygen atoms in total. The van der Waals surface area contributed by atoms with E-state index in [1.54, 1.807) is 12.1 Å². The van der Waals surface area contributed by atoms with E-state index in [2.05, 4.69) is 70.5 Å². The molecule has 0 spiro atoms. The first-order chi connectivity index (χ1) is 17.1. The van der Waals surface area contributed by atoms with E-state index in [-0.39, 0.29) is 12.3 Å². The minimum absolute atomic E-state index is 0.0228. The molecule has 0 aromatic heterocycles. The van der Waals surface area contributed by atoms with Gasteiger partial charge in [-0.3, -0.25) is 15.0 Å². The van der Waals surface area contributed by atoms with Gasteiger partial charge in [-0.15, -0.1) is 0 Å². The number of non-ortho nitro benzene ring substituents is 1. The van der Waals surface area contributed by atoms with Crippen molar-refractivity contribution in [3.05, 3.63) is 106 Å². The number of hydrogen-bond donors (Lipinski definition) is 1. The first-order valence-corrected chi connectivity index (χ1v) is 12.2. The minimum Gasteiger partial charge on any atom is -0.491 e. The second-order valence-electron chi connectivity index (χ2n) is 9.02. The number of hydrogen-bond acceptors (Lipinski definition) is 6. The quantitative estimate of drug-likeness (QED) is 0.331. The van der Waals surface area contributed by atoms with E-state index < -0.39 is 11.0 Å². The van der Waals surface area contributed by atoms with Crippen molar-refractivity contribution in [2.45, 2.75) is 18.4 Å². The number of β-amino-alcohol motifs (C(OH)–C–C–N with tert-alkyl or cyclic N) is 1. The third-order valence-electron chi connectivity index (χ3n) is 6.56. The molecule has 1 aliphatic rings. The fourth-order valence-corrected chi connectivity index (χ4v) is 4.61. The molecular weight excluding hydrogens is 442 g/mol. The topological polar surface area (TPSA) is 79.1 Å². The van der Waals surface area contributed by atoms with Gasteiger partial charge in [0, 0.05) is 50.8 Å². The number of nitro benzene ring substituents is 1. The summed E-state index contributed by atoms with van der Waals surface area (Å²) >= 11 is 0. The second-order valence-corrected chi connectivity index (χ2v) is 9.02. The molecule has 1 unspecified atom stereocenters. The number of piperazine rings is 1. The van der Waals surface area contributed by atoms with Crippen LogP contribution in [0, 0.1) is 10.1 Å². The Hall–Kier alpha value is -3.26. The zero-order chi connectivity index (χ0) is 24.5. The molecule has 0 saturated carbocycles. The number of rotatable bonds is 11. The molecule has 0 radical (unpaired) electrons. The van der Waals surface area contributed by atoms with Crippen molar-refractivity contribution < 1.29 is 14.8 Å². The Kier molecular flexibility index (Phi) is 8.84. The van der Waals surface area contributed by atoms with Crippen molar-refractivity contribution in [2.75, 3.05) is 45.9 Å². The highest BCUT2D eigenvalue weighted by Gasteiger charge is 2.21. The number of nitrogens with zero attached hydrogens (tertiary/aromatic N) is 3. The summed E-state index contributed by atoms with van der Waals surface area (Å²) in [5.41, 5.74) is 2.73. The van der Waals surface area contributed by atoms with Gasteiger partial charge in [0.2, 0.25) is 0 Å². The third kappa shape index (κ3) is 7.36. The van der Waals surface area contributed by atoms with E-state index in [1.807, 2.05) is 0 Å². The van der Waals surface area contributed by atoms with Crippen LogP contribution in [-0.2, 0) is 0 Å². The lowest BCUT2D eigenvalue weighted by atomic mass is 9.88. The van der Waals surface area contributed by atoms with Crippen molar-refractivity contribution >= 4 is 5.69 Å². The molecule has 0 bridgehead atoms. The normalized spacial score (nSPS) is 15.7. The SMILES string of the molecule is O=[N+]([O-])c1ccc(OCC(O)CN2CCN(CCC(c3ccccc3)c3ccccc3)CC2)cc1. The number of nitro groups is 1. The number of aliphatic hydroxyl groups excluding tert-OH is 1. The molecule has 184 valence electrons. The van der Waals surface area contributed by atoms with Gasteiger partial charge in [-0.1, -0.05) is 60.7 Å². The Morgan fingerprint density at radius 3 is 1.91 bits per heavy atom. The molecule has 1 heterocycles. The molecule has 3 aromatic rings. The smallest absolute Gasteiger partial charge is 0.269 e. The van der Waals surface area contributed by atoms with Crippen LogP contribution in [0.1, 0.15) is 23.5 Å². The molecule has 1 N–H and O–H groups in total. The van der Waals surface area contributed by atoms with Gasteiger partial charge in [0.15, 0.2) is 0 Å². The molecule has 3 aromatic carbocycles. The molecule has 4 rings (SSSR count). The van der Waals surface area contributed by atoms with Crippen LogP contribution in [0.3, 0.4) is 0 Å². The third-order valence-corrected chi connectivity index (χ3v) is 6.56. The summed E-state index contributed by atoms with van der Waals surface area (Å²) in [7, 11) is 0. The molecule has 35 heavy (non-hydrogen) atoms. The number of benzene rings is 3. The average Bonchev–Trinajstić information content (AvgIpc) is 2.90. The Morgan fingerprint density at radius 2 is 1.37 bits per heavy atom. The summed E-state index contributed by atoms with van der Waals surface area (Å²) < 4.78 is 5.60. The van der Waals surface area contributed by atoms with Crippen LogP contribution in [0.2, 0.25) is 0 Å². The van der Waals surface area contributed by atoms with Gasteiger partial charge in [-0.05, 0) is 36.2 Å². The maximum atomic E-state index is 10.7. The molecule has 1 aliphatic heterocycles. The molecule has 0 amide bonds. The highest BCUT2D eigenvalue weighted by Crippen LogP contribution is 2.28. The summed E-state index contributed by atoms with van der Waals surface area (Å²) in [5.74, 6) is 0.902. The highest BCUT2D eigenvalue weighted by atomic mass is 16.6. The van der Waals surface area contributed by atoms with Gasteiger partial charge in [-0.2, -0.15) is 0 Å². The van der Waals surface area contributed by atoms with Crippen LogP contribution in [-0.4, -0.2) is 71.8 Å². The predicted octanol–water partition coefficient (Wildman–Crippen LogP) is 4.17. The minimum atomic E-state index is -0.614. The number of aliphatic hydroxyl groups is 1. The Morgan fingerprint density at radius 1 is 0.829 bits per heavy atom. The van der Waals surface area contributed by atoms with Gasteiger partial charge in [0.1, 0.15) is 18.5 Å². The maximum Gasteiger partial charge on any atom is 0.269 e. The lowest BCUT2D eigenvalue weighted by Crippen LogP contribution is -2.49. The summed E-state index contributed by atoms with van der Waals surface area (Å²) in [6, 6.07) is 27.4. The van der Waals surface area contributed by atoms with Crippen LogP contribution < -0.4 is 4.74 Å². The zero-order valence-corrected chi connectivity index (χ0v) is 19.9. The standard InChI is InChI=1S/C28H33N3O4/c32-26(22-35-27-13-11-25(12-14-27)31(33)34)21-30-19-17-29(18-20-30)16-15-28(23-7-3-1-4-8-23)24-9-5-2-6-10-24/h1-14,26,28,32H,15-22H2. The second kappa shape index (κ2) is 12.4. The lowest BCUT2D eigenvalue weighted by Gasteiger charge is -2.36. The van der Waals surface area contributed by atoms with Gasteiger partial charge < -0.3 is 14.7 Å². The average molecular weight is 476 g/mol. The van der Waals surface area contributed by atoms with Crippen molar-refractivity contribution in [1.82, 2.24) is 9.80 Å². The van der Waals surface area contributed by atoms with E-state index in [0.29, 0.717) is 18.2 Å². The Bertz CT molecular complexity index is 999. The first-order valence-electron chi connectivity index (χ1n) is 12.2. The first kappa shape index (κ1) is 24.9. The highest BCUT2D eigenvalue weighted by molar-refractivity contribution is 5.36. The van der Waals surface area contributed by atoms with E-state index in [9.17, 15) is 15.2 Å². The Labute approximate surface area is 206 Å². The Balaban J connectivity index is 1.20. The summed E-state index contributed by atoms with van der Waals surface area (Å²) in [6.07, 6.45) is 0.456. The lowest BCUT2D eigenvalue weighted by molar-refractivity contribution is -0.384. The van der Waals surface area contributed by atoms with Gasteiger partial charge in [-0.25, -0.2) is 0 Å². The van der Waals surface area contributed by atoms with Crippen molar-refractivity contribution in [2.24, 2.45) is 0 Å². The van der Waals surface area contributed by atoms with Crippen molar-refractivity contribution in [1.29, 1.82) is 0 Å². The van der Waals surface area contributed by atoms with Gasteiger partial charge >= 0.3 is 0 Å². The van der Waals surface area contributed by atoms with Crippen LogP contribution in [0.4, 0.5) is 5.69 Å². The number of ether oxygens (including phenoxy) is 1. The molecule has 7 heteroatoms. The fraction of sp³-hybridized carbons (Fsp3) is 0.357. The zero-order valence-electron chi connectivity index (χ0n) is 19.9.